The Bertz CT molecular complexity index is 2990. The molecule has 43 heavy (non-hydrogen) atoms. The summed E-state index contributed by atoms with van der Waals surface area (Å²) >= 11 is 0. The zero-order valence-corrected chi connectivity index (χ0v) is 22.6. The van der Waals surface area contributed by atoms with Crippen molar-refractivity contribution in [2.75, 3.05) is 0 Å². The van der Waals surface area contributed by atoms with Gasteiger partial charge in [-0.25, -0.2) is 0 Å². The van der Waals surface area contributed by atoms with Crippen LogP contribution in [0.5, 0.6) is 0 Å². The Kier molecular flexibility index (Phi) is 3.53. The van der Waals surface area contributed by atoms with Crippen molar-refractivity contribution in [3.63, 3.8) is 0 Å². The minimum atomic E-state index is -0.431. The number of hydrogen-bond donors (Lipinski definition) is 0. The van der Waals surface area contributed by atoms with E-state index in [4.69, 9.17) is 18.1 Å². The molecule has 0 aliphatic rings. The Morgan fingerprint density at radius 3 is 1.63 bits per heavy atom. The molecule has 9 rings (SSSR count). The first-order valence-corrected chi connectivity index (χ1v) is 13.9. The molecule has 1 heteroatoms. The number of benzene rings is 8. The second kappa shape index (κ2) is 9.44. The summed E-state index contributed by atoms with van der Waals surface area (Å²) < 4.78 is 89.9. The van der Waals surface area contributed by atoms with E-state index in [1.807, 2.05) is 60.7 Å². The summed E-state index contributed by atoms with van der Waals surface area (Å²) in [5.74, 6) is 0. The molecule has 0 bridgehead atoms. The molecule has 0 unspecified atom stereocenters. The van der Waals surface area contributed by atoms with Crippen LogP contribution in [0.4, 0.5) is 0 Å². The highest BCUT2D eigenvalue weighted by atomic mass is 16.3. The van der Waals surface area contributed by atoms with Gasteiger partial charge in [-0.05, 0) is 96.0 Å². The third-order valence-corrected chi connectivity index (χ3v) is 8.16. The molecule has 1 nitrogen and oxygen atoms in total. The van der Waals surface area contributed by atoms with Gasteiger partial charge in [0.05, 0.1) is 13.7 Å². The molecule has 0 amide bonds. The Morgan fingerprint density at radius 1 is 0.372 bits per heavy atom. The van der Waals surface area contributed by atoms with Gasteiger partial charge in [-0.15, -0.1) is 0 Å². The van der Waals surface area contributed by atoms with Crippen molar-refractivity contribution in [1.82, 2.24) is 0 Å². The monoisotopic (exact) mass is 556 g/mol. The topological polar surface area (TPSA) is 13.1 Å². The first-order valence-electron chi connectivity index (χ1n) is 18.9. The lowest BCUT2D eigenvalue weighted by Crippen LogP contribution is -1.91. The van der Waals surface area contributed by atoms with Crippen LogP contribution in [0.2, 0.25) is 0 Å². The minimum absolute atomic E-state index is 0.0211. The highest BCUT2D eigenvalue weighted by Crippen LogP contribution is 2.45. The first kappa shape index (κ1) is 16.1. The van der Waals surface area contributed by atoms with E-state index in [9.17, 15) is 0 Å². The van der Waals surface area contributed by atoms with Crippen molar-refractivity contribution in [1.29, 1.82) is 0 Å². The van der Waals surface area contributed by atoms with Gasteiger partial charge in [0.2, 0.25) is 0 Å². The van der Waals surface area contributed by atoms with Crippen LogP contribution in [0.25, 0.3) is 87.6 Å². The van der Waals surface area contributed by atoms with Crippen LogP contribution in [-0.4, -0.2) is 0 Å². The summed E-state index contributed by atoms with van der Waals surface area (Å²) in [6.45, 7) is 0. The molecule has 0 aliphatic heterocycles. The molecule has 0 N–H and O–H groups in total. The number of para-hydroxylation sites is 1. The minimum Gasteiger partial charge on any atom is -0.456 e. The van der Waals surface area contributed by atoms with Gasteiger partial charge in [0, 0.05) is 10.8 Å². The summed E-state index contributed by atoms with van der Waals surface area (Å²) in [5, 5.41) is 6.06. The third-order valence-electron chi connectivity index (χ3n) is 8.16. The average Bonchev–Trinajstić information content (AvgIpc) is 3.57. The molecular weight excluding hydrogens is 520 g/mol. The zero-order valence-electron chi connectivity index (χ0n) is 32.6. The van der Waals surface area contributed by atoms with Crippen LogP contribution in [0.3, 0.4) is 0 Å². The molecule has 0 atom stereocenters. The molecule has 0 fully saturated rings. The van der Waals surface area contributed by atoms with Gasteiger partial charge >= 0.3 is 0 Å². The SMILES string of the molecule is [2H]c1c([2H])c([2H])c(-c2ccc3ccc(-c4c5ccccc5c(-c5cc([2H])c6c(c5)oc5c([2H])c([2H])c([2H])c([2H])c56)c5ccccc45)cc3c2)c([2H])c1[2H]. The molecule has 1 heterocycles. The fraction of sp³-hybridized carbons (Fsp3) is 0. The van der Waals surface area contributed by atoms with Crippen LogP contribution in [0.1, 0.15) is 13.7 Å². The predicted octanol–water partition coefficient (Wildman–Crippen LogP) is 12.0. The Balaban J connectivity index is 1.29. The largest absolute Gasteiger partial charge is 0.456 e. The Labute approximate surface area is 263 Å². The van der Waals surface area contributed by atoms with Crippen LogP contribution in [0, 0.1) is 0 Å². The lowest BCUT2D eigenvalue weighted by atomic mass is 9.85. The smallest absolute Gasteiger partial charge is 0.136 e. The van der Waals surface area contributed by atoms with E-state index < -0.39 is 6.04 Å². The van der Waals surface area contributed by atoms with Crippen molar-refractivity contribution in [3.8, 4) is 33.4 Å². The molecule has 0 saturated heterocycles. The van der Waals surface area contributed by atoms with E-state index in [2.05, 4.69) is 24.3 Å². The third kappa shape index (κ3) is 3.79. The maximum atomic E-state index is 9.09. The van der Waals surface area contributed by atoms with Crippen molar-refractivity contribution in [2.45, 2.75) is 0 Å². The maximum Gasteiger partial charge on any atom is 0.136 e. The van der Waals surface area contributed by atoms with Crippen LogP contribution in [-0.2, 0) is 0 Å². The molecule has 0 radical (unpaired) electrons. The van der Waals surface area contributed by atoms with E-state index in [1.165, 1.54) is 0 Å². The lowest BCUT2D eigenvalue weighted by Gasteiger charge is -2.18. The van der Waals surface area contributed by atoms with E-state index >= 15 is 0 Å². The van der Waals surface area contributed by atoms with Crippen molar-refractivity contribution in [2.24, 2.45) is 0 Å². The second-order valence-corrected chi connectivity index (χ2v) is 10.6. The summed E-state index contributed by atoms with van der Waals surface area (Å²) in [7, 11) is 0. The summed E-state index contributed by atoms with van der Waals surface area (Å²) in [5.41, 5.74) is 4.48. The van der Waals surface area contributed by atoms with E-state index in [-0.39, 0.29) is 70.9 Å². The van der Waals surface area contributed by atoms with Gasteiger partial charge in [0.25, 0.3) is 0 Å². The van der Waals surface area contributed by atoms with Gasteiger partial charge in [0.1, 0.15) is 11.2 Å². The number of rotatable bonds is 3. The van der Waals surface area contributed by atoms with Gasteiger partial charge < -0.3 is 4.42 Å². The summed E-state index contributed by atoms with van der Waals surface area (Å²) in [6.07, 6.45) is 0. The highest BCUT2D eigenvalue weighted by molar-refractivity contribution is 6.22. The second-order valence-electron chi connectivity index (χ2n) is 10.6. The van der Waals surface area contributed by atoms with Gasteiger partial charge in [-0.3, -0.25) is 0 Å². The first-order chi connectivity index (χ1) is 25.5. The molecule has 8 aromatic carbocycles. The number of hydrogen-bond acceptors (Lipinski definition) is 1. The average molecular weight is 557 g/mol. The van der Waals surface area contributed by atoms with E-state index in [0.717, 1.165) is 49.0 Å². The van der Waals surface area contributed by atoms with Crippen LogP contribution >= 0.6 is 0 Å². The van der Waals surface area contributed by atoms with Gasteiger partial charge in [-0.1, -0.05) is 127 Å². The highest BCUT2D eigenvalue weighted by Gasteiger charge is 2.18. The van der Waals surface area contributed by atoms with Crippen molar-refractivity contribution < 1.29 is 18.1 Å². The fourth-order valence-corrected chi connectivity index (χ4v) is 6.26. The molecule has 0 aliphatic carbocycles. The van der Waals surface area contributed by atoms with E-state index in [0.29, 0.717) is 22.1 Å². The molecule has 9 aromatic rings. The quantitative estimate of drug-likeness (QED) is 0.197. The number of fused-ring (bicyclic) bond motifs is 6. The van der Waals surface area contributed by atoms with Gasteiger partial charge in [0.15, 0.2) is 0 Å². The van der Waals surface area contributed by atoms with E-state index in [1.54, 1.807) is 12.1 Å². The van der Waals surface area contributed by atoms with Crippen LogP contribution in [0.15, 0.2) is 162 Å². The van der Waals surface area contributed by atoms with Crippen LogP contribution < -0.4 is 0 Å². The maximum absolute atomic E-state index is 9.09. The van der Waals surface area contributed by atoms with Crippen molar-refractivity contribution in [3.05, 3.63) is 157 Å². The predicted molar refractivity (Wildman–Crippen MR) is 183 cm³/mol. The molecular formula is C42H26O. The lowest BCUT2D eigenvalue weighted by molar-refractivity contribution is 0.669. The molecule has 200 valence electrons. The summed E-state index contributed by atoms with van der Waals surface area (Å²) in [6, 6.07) is 28.4. The fourth-order valence-electron chi connectivity index (χ4n) is 6.26. The van der Waals surface area contributed by atoms with Crippen molar-refractivity contribution >= 4 is 54.3 Å². The number of furan rings is 1. The summed E-state index contributed by atoms with van der Waals surface area (Å²) in [4.78, 5) is 0. The molecule has 0 saturated carbocycles. The van der Waals surface area contributed by atoms with Gasteiger partial charge in [-0.2, -0.15) is 0 Å². The Hall–Kier alpha value is -5.66. The molecule has 1 aromatic heterocycles. The normalized spacial score (nSPS) is 15.0. The standard InChI is InChI=1S/C42H26O/c1-2-10-27(11-3-1)29-20-18-28-19-21-30(25-32(28)24-29)41-35-13-4-6-15-37(35)42(38-16-7-5-14-36(38)41)31-22-23-34-33-12-8-9-17-39(33)43-40(34)26-31/h1-26H/i1D,2D,3D,8D,9D,10D,11D,12D,17D,23D. The zero-order chi connectivity index (χ0) is 37.0. The Morgan fingerprint density at radius 2 is 0.930 bits per heavy atom. The molecule has 0 spiro atoms.